The molecule has 0 aliphatic carbocycles. The van der Waals surface area contributed by atoms with Gasteiger partial charge in [-0.2, -0.15) is 0 Å². The van der Waals surface area contributed by atoms with E-state index >= 15 is 0 Å². The van der Waals surface area contributed by atoms with E-state index in [0.29, 0.717) is 11.5 Å². The molecule has 0 saturated carbocycles. The van der Waals surface area contributed by atoms with Gasteiger partial charge in [0.1, 0.15) is 18.1 Å². The zero-order chi connectivity index (χ0) is 16.7. The molecule has 6 heteroatoms. The lowest BCUT2D eigenvalue weighted by atomic mass is 10.2. The minimum atomic E-state index is -3.51. The van der Waals surface area contributed by atoms with Crippen LogP contribution in [0.4, 0.5) is 0 Å². The van der Waals surface area contributed by atoms with Crippen molar-refractivity contribution in [2.45, 2.75) is 18.2 Å². The third-order valence-electron chi connectivity index (χ3n) is 3.35. The van der Waals surface area contributed by atoms with Crippen LogP contribution in [0, 0.1) is 0 Å². The van der Waals surface area contributed by atoms with Crippen molar-refractivity contribution >= 4 is 10.0 Å². The Labute approximate surface area is 137 Å². The Bertz CT molecular complexity index is 727. The summed E-state index contributed by atoms with van der Waals surface area (Å²) in [6, 6.07) is 14.0. The fraction of sp³-hybridized carbons (Fsp3) is 0.294. The zero-order valence-electron chi connectivity index (χ0n) is 13.3. The number of aryl methyl sites for hydroxylation is 1. The first kappa shape index (κ1) is 17.3. The summed E-state index contributed by atoms with van der Waals surface area (Å²) in [6.45, 7) is 2.45. The van der Waals surface area contributed by atoms with E-state index in [9.17, 15) is 8.42 Å². The molecule has 0 unspecified atom stereocenters. The van der Waals surface area contributed by atoms with Crippen LogP contribution >= 0.6 is 0 Å². The number of sulfonamides is 1. The van der Waals surface area contributed by atoms with Crippen LogP contribution in [0.5, 0.6) is 11.5 Å². The molecular weight excluding hydrogens is 314 g/mol. The third-order valence-corrected chi connectivity index (χ3v) is 4.82. The molecule has 124 valence electrons. The highest BCUT2D eigenvalue weighted by molar-refractivity contribution is 7.89. The van der Waals surface area contributed by atoms with Crippen LogP contribution in [0.3, 0.4) is 0 Å². The fourth-order valence-corrected chi connectivity index (χ4v) is 3.04. The van der Waals surface area contributed by atoms with Crippen molar-refractivity contribution in [2.75, 3.05) is 20.3 Å². The Morgan fingerprint density at radius 2 is 1.74 bits per heavy atom. The summed E-state index contributed by atoms with van der Waals surface area (Å²) >= 11 is 0. The van der Waals surface area contributed by atoms with Crippen LogP contribution in [0.2, 0.25) is 0 Å². The van der Waals surface area contributed by atoms with E-state index in [1.807, 2.05) is 31.2 Å². The second-order valence-corrected chi connectivity index (χ2v) is 6.69. The van der Waals surface area contributed by atoms with Crippen LogP contribution in [0.25, 0.3) is 0 Å². The van der Waals surface area contributed by atoms with E-state index in [0.717, 1.165) is 12.0 Å². The van der Waals surface area contributed by atoms with Gasteiger partial charge in [-0.15, -0.1) is 0 Å². The molecule has 0 heterocycles. The Morgan fingerprint density at radius 1 is 1.04 bits per heavy atom. The normalized spacial score (nSPS) is 11.2. The second kappa shape index (κ2) is 7.99. The number of ether oxygens (including phenoxy) is 2. The highest BCUT2D eigenvalue weighted by Gasteiger charge is 2.12. The molecule has 0 radical (unpaired) electrons. The average Bonchev–Trinajstić information content (AvgIpc) is 2.59. The highest BCUT2D eigenvalue weighted by atomic mass is 32.2. The molecule has 0 aromatic heterocycles. The van der Waals surface area contributed by atoms with E-state index < -0.39 is 10.0 Å². The van der Waals surface area contributed by atoms with Crippen molar-refractivity contribution in [3.05, 3.63) is 54.1 Å². The highest BCUT2D eigenvalue weighted by Crippen LogP contribution is 2.18. The molecule has 2 rings (SSSR count). The van der Waals surface area contributed by atoms with Crippen LogP contribution in [0.1, 0.15) is 12.5 Å². The van der Waals surface area contributed by atoms with Gasteiger partial charge in [0, 0.05) is 12.6 Å². The van der Waals surface area contributed by atoms with Gasteiger partial charge < -0.3 is 9.47 Å². The summed E-state index contributed by atoms with van der Waals surface area (Å²) in [5, 5.41) is 0. The number of methoxy groups -OCH3 is 1. The lowest BCUT2D eigenvalue weighted by Gasteiger charge is -2.09. The van der Waals surface area contributed by atoms with E-state index in [1.165, 1.54) is 0 Å². The maximum Gasteiger partial charge on any atom is 0.240 e. The van der Waals surface area contributed by atoms with Gasteiger partial charge in [0.25, 0.3) is 0 Å². The molecule has 0 bridgehead atoms. The Morgan fingerprint density at radius 3 is 2.39 bits per heavy atom. The van der Waals surface area contributed by atoms with Crippen LogP contribution in [-0.2, 0) is 16.4 Å². The predicted octanol–water partition coefficient (Wildman–Crippen LogP) is 2.61. The number of hydrogen-bond acceptors (Lipinski definition) is 4. The van der Waals surface area contributed by atoms with E-state index in [-0.39, 0.29) is 18.0 Å². The number of benzene rings is 2. The molecule has 2 aromatic carbocycles. The van der Waals surface area contributed by atoms with Gasteiger partial charge in [0.2, 0.25) is 10.0 Å². The molecule has 0 saturated heterocycles. The summed E-state index contributed by atoms with van der Waals surface area (Å²) < 4.78 is 37.5. The Hall–Kier alpha value is -2.05. The SMILES string of the molecule is CCc1ccc(S(=O)(=O)NCCOc2cccc(OC)c2)cc1. The van der Waals surface area contributed by atoms with Gasteiger partial charge in [-0.3, -0.25) is 0 Å². The monoisotopic (exact) mass is 335 g/mol. The van der Waals surface area contributed by atoms with Crippen molar-refractivity contribution in [1.82, 2.24) is 4.72 Å². The van der Waals surface area contributed by atoms with Gasteiger partial charge >= 0.3 is 0 Å². The minimum Gasteiger partial charge on any atom is -0.497 e. The predicted molar refractivity (Wildman–Crippen MR) is 89.5 cm³/mol. The van der Waals surface area contributed by atoms with Crippen molar-refractivity contribution in [3.8, 4) is 11.5 Å². The molecule has 0 aliphatic rings. The lowest BCUT2D eigenvalue weighted by molar-refractivity contribution is 0.320. The molecule has 0 spiro atoms. The van der Waals surface area contributed by atoms with Crippen molar-refractivity contribution in [3.63, 3.8) is 0 Å². The smallest absolute Gasteiger partial charge is 0.240 e. The van der Waals surface area contributed by atoms with E-state index in [1.54, 1.807) is 31.4 Å². The zero-order valence-corrected chi connectivity index (χ0v) is 14.1. The standard InChI is InChI=1S/C17H21NO4S/c1-3-14-7-9-17(10-8-14)23(19,20)18-11-12-22-16-6-4-5-15(13-16)21-2/h4-10,13,18H,3,11-12H2,1-2H3. The van der Waals surface area contributed by atoms with Gasteiger partial charge in [0.15, 0.2) is 0 Å². The molecule has 0 aliphatic heterocycles. The van der Waals surface area contributed by atoms with Crippen LogP contribution in [-0.4, -0.2) is 28.7 Å². The minimum absolute atomic E-state index is 0.190. The first-order valence-corrected chi connectivity index (χ1v) is 8.89. The van der Waals surface area contributed by atoms with E-state index in [4.69, 9.17) is 9.47 Å². The molecule has 5 nitrogen and oxygen atoms in total. The summed E-state index contributed by atoms with van der Waals surface area (Å²) in [5.41, 5.74) is 1.10. The van der Waals surface area contributed by atoms with Gasteiger partial charge in [-0.25, -0.2) is 13.1 Å². The number of nitrogens with one attached hydrogen (secondary N) is 1. The summed E-state index contributed by atoms with van der Waals surface area (Å²) in [5.74, 6) is 1.33. The number of hydrogen-bond donors (Lipinski definition) is 1. The summed E-state index contributed by atoms with van der Waals surface area (Å²) in [6.07, 6.45) is 0.877. The molecule has 0 amide bonds. The summed E-state index contributed by atoms with van der Waals surface area (Å²) in [7, 11) is -1.93. The van der Waals surface area contributed by atoms with Crippen LogP contribution < -0.4 is 14.2 Å². The van der Waals surface area contributed by atoms with Crippen molar-refractivity contribution in [2.24, 2.45) is 0 Å². The topological polar surface area (TPSA) is 64.6 Å². The third kappa shape index (κ3) is 4.97. The molecule has 0 atom stereocenters. The maximum absolute atomic E-state index is 12.2. The van der Waals surface area contributed by atoms with E-state index in [2.05, 4.69) is 4.72 Å². The average molecular weight is 335 g/mol. The molecule has 2 aromatic rings. The molecular formula is C17H21NO4S. The first-order valence-electron chi connectivity index (χ1n) is 7.40. The second-order valence-electron chi connectivity index (χ2n) is 4.92. The number of rotatable bonds is 8. The molecule has 1 N–H and O–H groups in total. The van der Waals surface area contributed by atoms with Crippen molar-refractivity contribution in [1.29, 1.82) is 0 Å². The van der Waals surface area contributed by atoms with Gasteiger partial charge in [-0.1, -0.05) is 25.1 Å². The Kier molecular flexibility index (Phi) is 6.01. The van der Waals surface area contributed by atoms with Crippen molar-refractivity contribution < 1.29 is 17.9 Å². The quantitative estimate of drug-likeness (QED) is 0.753. The maximum atomic E-state index is 12.2. The molecule has 0 fully saturated rings. The summed E-state index contributed by atoms with van der Waals surface area (Å²) in [4.78, 5) is 0.260. The largest absolute Gasteiger partial charge is 0.497 e. The fourth-order valence-electron chi connectivity index (χ4n) is 2.02. The van der Waals surface area contributed by atoms with Gasteiger partial charge in [0.05, 0.1) is 12.0 Å². The first-order chi connectivity index (χ1) is 11.0. The van der Waals surface area contributed by atoms with Gasteiger partial charge in [-0.05, 0) is 36.2 Å². The Balaban J connectivity index is 1.86. The molecule has 23 heavy (non-hydrogen) atoms. The van der Waals surface area contributed by atoms with Crippen LogP contribution in [0.15, 0.2) is 53.4 Å². The lowest BCUT2D eigenvalue weighted by Crippen LogP contribution is -2.28.